The molecule has 0 spiro atoms. The summed E-state index contributed by atoms with van der Waals surface area (Å²) >= 11 is 0. The Hall–Kier alpha value is -4.76. The summed E-state index contributed by atoms with van der Waals surface area (Å²) in [6.45, 7) is -0.303. The van der Waals surface area contributed by atoms with Gasteiger partial charge in [0, 0.05) is 24.7 Å². The molecule has 0 aliphatic heterocycles. The predicted octanol–water partition coefficient (Wildman–Crippen LogP) is 3.82. The summed E-state index contributed by atoms with van der Waals surface area (Å²) in [5.41, 5.74) is 0.00451. The Labute approximate surface area is 215 Å². The van der Waals surface area contributed by atoms with E-state index in [-0.39, 0.29) is 12.4 Å². The highest BCUT2D eigenvalue weighted by atomic mass is 32.2. The second kappa shape index (κ2) is 10.3. The van der Waals surface area contributed by atoms with Crippen LogP contribution in [0.3, 0.4) is 0 Å². The highest BCUT2D eigenvalue weighted by molar-refractivity contribution is 7.89. The molecule has 0 aliphatic carbocycles. The van der Waals surface area contributed by atoms with Gasteiger partial charge < -0.3 is 18.6 Å². The maximum Gasteiger partial charge on any atom is 0.296 e. The number of hydrogen-bond acceptors (Lipinski definition) is 11. The van der Waals surface area contributed by atoms with Gasteiger partial charge in [-0.05, 0) is 17.7 Å². The number of nitrogens with one attached hydrogen (secondary N) is 1. The van der Waals surface area contributed by atoms with Crippen molar-refractivity contribution in [1.82, 2.24) is 9.71 Å². The Morgan fingerprint density at radius 1 is 0.921 bits per heavy atom. The van der Waals surface area contributed by atoms with Crippen LogP contribution < -0.4 is 18.9 Å². The average molecular weight is 544 g/mol. The number of nitro groups is 2. The summed E-state index contributed by atoms with van der Waals surface area (Å²) in [5.74, 6) is 1.39. The summed E-state index contributed by atoms with van der Waals surface area (Å²) < 4.78 is 50.1. The largest absolute Gasteiger partial charge is 0.496 e. The molecule has 3 aromatic carbocycles. The van der Waals surface area contributed by atoms with Gasteiger partial charge >= 0.3 is 0 Å². The number of non-ortho nitro benzene ring substituents is 1. The van der Waals surface area contributed by atoms with E-state index in [0.717, 1.165) is 12.1 Å². The molecule has 0 unspecified atom stereocenters. The first-order chi connectivity index (χ1) is 18.1. The van der Waals surface area contributed by atoms with E-state index in [9.17, 15) is 28.6 Å². The number of fused-ring (bicyclic) bond motifs is 1. The first-order valence-corrected chi connectivity index (χ1v) is 12.2. The van der Waals surface area contributed by atoms with Crippen molar-refractivity contribution in [2.75, 3.05) is 21.3 Å². The second-order valence-electron chi connectivity index (χ2n) is 7.68. The molecule has 0 radical (unpaired) electrons. The fourth-order valence-corrected chi connectivity index (χ4v) is 4.86. The van der Waals surface area contributed by atoms with Crippen LogP contribution in [0.5, 0.6) is 17.2 Å². The molecule has 0 saturated carbocycles. The van der Waals surface area contributed by atoms with Gasteiger partial charge in [0.25, 0.3) is 11.4 Å². The minimum atomic E-state index is -4.44. The van der Waals surface area contributed by atoms with E-state index in [1.54, 1.807) is 30.3 Å². The lowest BCUT2D eigenvalue weighted by molar-refractivity contribution is -0.396. The number of benzene rings is 3. The molecule has 0 fully saturated rings. The van der Waals surface area contributed by atoms with Gasteiger partial charge in [0.2, 0.25) is 15.9 Å². The highest BCUT2D eigenvalue weighted by Crippen LogP contribution is 2.40. The third-order valence-electron chi connectivity index (χ3n) is 5.53. The number of para-hydroxylation sites is 1. The highest BCUT2D eigenvalue weighted by Gasteiger charge is 2.29. The third-order valence-corrected chi connectivity index (χ3v) is 6.98. The van der Waals surface area contributed by atoms with Crippen molar-refractivity contribution in [3.05, 3.63) is 74.3 Å². The average Bonchev–Trinajstić information content (AvgIpc) is 3.35. The molecule has 0 amide bonds. The lowest BCUT2D eigenvalue weighted by atomic mass is 10.1. The van der Waals surface area contributed by atoms with Crippen LogP contribution in [-0.4, -0.2) is 44.6 Å². The number of aromatic nitrogens is 1. The van der Waals surface area contributed by atoms with Crippen molar-refractivity contribution in [2.45, 2.75) is 11.4 Å². The predicted molar refractivity (Wildman–Crippen MR) is 133 cm³/mol. The number of oxazole rings is 1. The molecule has 0 saturated heterocycles. The van der Waals surface area contributed by atoms with Crippen molar-refractivity contribution in [2.24, 2.45) is 0 Å². The zero-order chi connectivity index (χ0) is 27.6. The molecule has 1 aromatic heterocycles. The number of nitrogens with zero attached hydrogens (tertiary/aromatic N) is 3. The summed E-state index contributed by atoms with van der Waals surface area (Å²) in [5, 5.41) is 22.4. The van der Waals surface area contributed by atoms with Gasteiger partial charge in [-0.3, -0.25) is 20.2 Å². The van der Waals surface area contributed by atoms with Crippen LogP contribution in [0.4, 0.5) is 11.4 Å². The first-order valence-electron chi connectivity index (χ1n) is 10.7. The maximum atomic E-state index is 12.9. The Bertz CT molecular complexity index is 1670. The van der Waals surface area contributed by atoms with E-state index in [0.29, 0.717) is 45.5 Å². The maximum absolute atomic E-state index is 12.9. The molecule has 15 heteroatoms. The zero-order valence-corrected chi connectivity index (χ0v) is 21.0. The van der Waals surface area contributed by atoms with E-state index < -0.39 is 36.1 Å². The molecule has 38 heavy (non-hydrogen) atoms. The molecule has 1 heterocycles. The van der Waals surface area contributed by atoms with E-state index in [2.05, 4.69) is 9.71 Å². The van der Waals surface area contributed by atoms with Gasteiger partial charge in [-0.15, -0.1) is 0 Å². The number of ether oxygens (including phenoxy) is 3. The fraction of sp³-hybridized carbons (Fsp3) is 0.174. The molecule has 4 rings (SSSR count). The summed E-state index contributed by atoms with van der Waals surface area (Å²) in [6.07, 6.45) is 0. The minimum Gasteiger partial charge on any atom is -0.496 e. The van der Waals surface area contributed by atoms with Gasteiger partial charge in [-0.25, -0.2) is 18.1 Å². The van der Waals surface area contributed by atoms with Crippen LogP contribution in [0.1, 0.15) is 5.56 Å². The molecule has 0 atom stereocenters. The lowest BCUT2D eigenvalue weighted by Crippen LogP contribution is -2.24. The minimum absolute atomic E-state index is 0.166. The number of sulfonamides is 1. The standard InChI is InChI=1S/C23H20N4O10S/c1-34-18-11-20(36-3)19(35-2)10-15(18)23-25-22-13(5-4-6-17(22)37-23)12-24-38(32,33)21-8-7-14(26(28)29)9-16(21)27(30)31/h4-11,24H,12H2,1-3H3. The molecular formula is C23H20N4O10S. The van der Waals surface area contributed by atoms with Gasteiger partial charge in [0.05, 0.1) is 42.8 Å². The molecule has 0 aliphatic rings. The van der Waals surface area contributed by atoms with E-state index >= 15 is 0 Å². The molecule has 198 valence electrons. The lowest BCUT2D eigenvalue weighted by Gasteiger charge is -2.12. The molecule has 0 bridgehead atoms. The Kier molecular flexibility index (Phi) is 7.14. The quantitative estimate of drug-likeness (QED) is 0.226. The van der Waals surface area contributed by atoms with Crippen LogP contribution in [0, 0.1) is 20.2 Å². The topological polar surface area (TPSA) is 186 Å². The Morgan fingerprint density at radius 3 is 2.24 bits per heavy atom. The van der Waals surface area contributed by atoms with Crippen molar-refractivity contribution in [3.8, 4) is 28.7 Å². The number of rotatable bonds is 10. The summed E-state index contributed by atoms with van der Waals surface area (Å²) in [7, 11) is -0.0247. The van der Waals surface area contributed by atoms with Gasteiger partial charge in [-0.2, -0.15) is 0 Å². The van der Waals surface area contributed by atoms with Gasteiger partial charge in [0.15, 0.2) is 22.0 Å². The zero-order valence-electron chi connectivity index (χ0n) is 20.2. The number of hydrogen-bond donors (Lipinski definition) is 1. The van der Waals surface area contributed by atoms with Crippen LogP contribution in [-0.2, 0) is 16.6 Å². The monoisotopic (exact) mass is 544 g/mol. The van der Waals surface area contributed by atoms with Crippen molar-refractivity contribution < 1.29 is 36.9 Å². The van der Waals surface area contributed by atoms with Crippen LogP contribution in [0.25, 0.3) is 22.6 Å². The number of methoxy groups -OCH3 is 3. The Balaban J connectivity index is 1.70. The van der Waals surface area contributed by atoms with Crippen LogP contribution >= 0.6 is 0 Å². The second-order valence-corrected chi connectivity index (χ2v) is 9.42. The van der Waals surface area contributed by atoms with Crippen molar-refractivity contribution >= 4 is 32.5 Å². The smallest absolute Gasteiger partial charge is 0.296 e. The Morgan fingerprint density at radius 2 is 1.61 bits per heavy atom. The van der Waals surface area contributed by atoms with E-state index in [1.807, 2.05) is 0 Å². The first kappa shape index (κ1) is 26.3. The van der Waals surface area contributed by atoms with Crippen molar-refractivity contribution in [1.29, 1.82) is 0 Å². The van der Waals surface area contributed by atoms with Gasteiger partial charge in [-0.1, -0.05) is 12.1 Å². The van der Waals surface area contributed by atoms with E-state index in [1.165, 1.54) is 21.3 Å². The fourth-order valence-electron chi connectivity index (χ4n) is 3.70. The van der Waals surface area contributed by atoms with Crippen LogP contribution in [0.15, 0.2) is 57.8 Å². The van der Waals surface area contributed by atoms with E-state index in [4.69, 9.17) is 18.6 Å². The third kappa shape index (κ3) is 4.91. The summed E-state index contributed by atoms with van der Waals surface area (Å²) in [4.78, 5) is 24.3. The molecular weight excluding hydrogens is 524 g/mol. The van der Waals surface area contributed by atoms with Crippen LogP contribution in [0.2, 0.25) is 0 Å². The molecule has 1 N–H and O–H groups in total. The van der Waals surface area contributed by atoms with Crippen molar-refractivity contribution in [3.63, 3.8) is 0 Å². The molecule has 4 aromatic rings. The normalized spacial score (nSPS) is 11.3. The SMILES string of the molecule is COc1cc(OC)c(-c2nc3c(CNS(=O)(=O)c4ccc([N+](=O)[O-])cc4[N+](=O)[O-])cccc3o2)cc1OC. The number of nitro benzene ring substituents is 2. The van der Waals surface area contributed by atoms with Gasteiger partial charge in [0.1, 0.15) is 11.3 Å². The summed E-state index contributed by atoms with van der Waals surface area (Å²) in [6, 6.07) is 10.4. The molecule has 14 nitrogen and oxygen atoms in total.